The summed E-state index contributed by atoms with van der Waals surface area (Å²) in [6.07, 6.45) is 3.14. The van der Waals surface area contributed by atoms with Crippen LogP contribution < -0.4 is 0 Å². The van der Waals surface area contributed by atoms with Crippen molar-refractivity contribution in [3.63, 3.8) is 0 Å². The summed E-state index contributed by atoms with van der Waals surface area (Å²) in [6.45, 7) is 27.6. The Morgan fingerprint density at radius 3 is 0.714 bits per heavy atom. The van der Waals surface area contributed by atoms with Crippen LogP contribution in [0.4, 0.5) is 0 Å². The van der Waals surface area contributed by atoms with Crippen molar-refractivity contribution in [3.8, 4) is 0 Å². The molecule has 2 atom stereocenters. The molecule has 5 rings (SSSR count). The number of benzene rings is 4. The van der Waals surface area contributed by atoms with E-state index in [1.165, 1.54) is 8.61 Å². The average Bonchev–Trinajstić information content (AvgIpc) is 3.20. The van der Waals surface area contributed by atoms with Gasteiger partial charge in [-0.05, 0) is 178 Å². The smallest absolute Gasteiger partial charge is 0.207 e. The van der Waals surface area contributed by atoms with Gasteiger partial charge in [-0.1, -0.05) is 84.6 Å². The Morgan fingerprint density at radius 1 is 0.343 bits per heavy atom. The zero-order valence-electron chi connectivity index (χ0n) is 44.4. The van der Waals surface area contributed by atoms with Gasteiger partial charge in [0.2, 0.25) is 40.1 Å². The van der Waals surface area contributed by atoms with E-state index in [4.69, 9.17) is 0 Å². The summed E-state index contributed by atoms with van der Waals surface area (Å²) in [4.78, 5) is 1.16. The van der Waals surface area contributed by atoms with Gasteiger partial charge in [0.1, 0.15) is 0 Å². The molecule has 0 amide bonds. The minimum absolute atomic E-state index is 0.138. The van der Waals surface area contributed by atoms with Gasteiger partial charge in [-0.25, -0.2) is 33.7 Å². The van der Waals surface area contributed by atoms with Gasteiger partial charge in [-0.15, -0.1) is 0 Å². The molecule has 1 aliphatic carbocycles. The Kier molecular flexibility index (Phi) is 19.0. The molecule has 16 heteroatoms. The summed E-state index contributed by atoms with van der Waals surface area (Å²) in [5.74, 6) is -0.277. The van der Waals surface area contributed by atoms with Crippen LogP contribution in [0, 0.1) is 94.9 Å². The van der Waals surface area contributed by atoms with Crippen molar-refractivity contribution in [1.29, 1.82) is 0 Å². The monoisotopic (exact) mass is 1040 g/mol. The lowest BCUT2D eigenvalue weighted by Crippen LogP contribution is -2.47. The Balaban J connectivity index is 1.40. The molecule has 0 unspecified atom stereocenters. The molecule has 0 bridgehead atoms. The van der Waals surface area contributed by atoms with Crippen molar-refractivity contribution in [2.75, 3.05) is 52.4 Å². The molecule has 12 nitrogen and oxygen atoms in total. The molecule has 0 aliphatic heterocycles. The summed E-state index contributed by atoms with van der Waals surface area (Å²) < 4.78 is 122. The normalized spacial score (nSPS) is 16.0. The quantitative estimate of drug-likeness (QED) is 0.0630. The maximum atomic E-state index is 14.9. The Labute approximate surface area is 423 Å². The standard InChI is InChI=1S/C54H80N4O8S4/c1-15-55(67(59,60)51-41(7)27-37(3)28-42(51)8)23-17-19-25-57(69(63,64)53-45(11)31-39(5)32-46(53)12)35-49-21-22-50(49)36-58(70(65,66)54-47(13)33-40(6)34-48(54)14)26-20-18-24-56(16-2)68(61,62)52-43(9)29-38(4)30-44(52)10/h27-34,49-50H,15-26,35-36H2,1-14H3/t49-,50-/m1/s1. The largest absolute Gasteiger partial charge is 0.243 e. The number of sulfonamides is 4. The van der Waals surface area contributed by atoms with E-state index < -0.39 is 40.1 Å². The van der Waals surface area contributed by atoms with Crippen molar-refractivity contribution in [1.82, 2.24) is 17.2 Å². The number of hydrogen-bond donors (Lipinski definition) is 0. The molecule has 70 heavy (non-hydrogen) atoms. The average molecular weight is 1040 g/mol. The molecule has 0 aromatic heterocycles. The third-order valence-corrected chi connectivity index (χ3v) is 23.0. The predicted octanol–water partition coefficient (Wildman–Crippen LogP) is 10.1. The number of nitrogens with zero attached hydrogens (tertiary/aromatic N) is 4. The molecular weight excluding hydrogens is 961 g/mol. The van der Waals surface area contributed by atoms with Gasteiger partial charge < -0.3 is 0 Å². The third kappa shape index (κ3) is 12.6. The van der Waals surface area contributed by atoms with Crippen LogP contribution in [-0.2, 0) is 40.1 Å². The van der Waals surface area contributed by atoms with Crippen molar-refractivity contribution in [2.24, 2.45) is 11.8 Å². The van der Waals surface area contributed by atoms with E-state index in [9.17, 15) is 33.7 Å². The highest BCUT2D eigenvalue weighted by atomic mass is 32.2. The van der Waals surface area contributed by atoms with Gasteiger partial charge in [0.15, 0.2) is 0 Å². The third-order valence-electron chi connectivity index (χ3n) is 14.1. The van der Waals surface area contributed by atoms with Gasteiger partial charge in [-0.3, -0.25) is 0 Å². The maximum absolute atomic E-state index is 14.9. The lowest BCUT2D eigenvalue weighted by molar-refractivity contribution is 0.119. The molecule has 1 fully saturated rings. The van der Waals surface area contributed by atoms with Crippen LogP contribution >= 0.6 is 0 Å². The second-order valence-electron chi connectivity index (χ2n) is 20.1. The molecule has 388 valence electrons. The lowest BCUT2D eigenvalue weighted by atomic mass is 9.73. The Hall–Kier alpha value is -3.48. The second kappa shape index (κ2) is 23.2. The fourth-order valence-corrected chi connectivity index (χ4v) is 18.8. The minimum atomic E-state index is -4.03. The number of rotatable bonds is 24. The van der Waals surface area contributed by atoms with E-state index in [1.54, 1.807) is 8.61 Å². The first-order chi connectivity index (χ1) is 32.6. The molecule has 0 heterocycles. The van der Waals surface area contributed by atoms with Gasteiger partial charge in [0.25, 0.3) is 0 Å². The zero-order chi connectivity index (χ0) is 52.3. The van der Waals surface area contributed by atoms with Crippen LogP contribution in [0.15, 0.2) is 68.1 Å². The molecule has 0 N–H and O–H groups in total. The molecule has 0 radical (unpaired) electrons. The van der Waals surface area contributed by atoms with Crippen LogP contribution in [0.1, 0.15) is 119 Å². The highest BCUT2D eigenvalue weighted by Crippen LogP contribution is 2.39. The molecule has 0 saturated heterocycles. The van der Waals surface area contributed by atoms with Crippen LogP contribution in [0.5, 0.6) is 0 Å². The number of hydrogen-bond acceptors (Lipinski definition) is 8. The van der Waals surface area contributed by atoms with Gasteiger partial charge >= 0.3 is 0 Å². The first-order valence-corrected chi connectivity index (χ1v) is 30.7. The Bertz CT molecular complexity index is 2710. The zero-order valence-corrected chi connectivity index (χ0v) is 47.6. The van der Waals surface area contributed by atoms with E-state index in [1.807, 2.05) is 145 Å². The van der Waals surface area contributed by atoms with Crippen LogP contribution in [0.25, 0.3) is 0 Å². The van der Waals surface area contributed by atoms with Crippen molar-refractivity contribution in [2.45, 2.75) is 155 Å². The first kappa shape index (κ1) is 57.4. The van der Waals surface area contributed by atoms with Crippen LogP contribution in [-0.4, -0.2) is 103 Å². The van der Waals surface area contributed by atoms with E-state index in [0.29, 0.717) is 80.0 Å². The van der Waals surface area contributed by atoms with Crippen molar-refractivity contribution in [3.05, 3.63) is 115 Å². The molecule has 1 aliphatic rings. The molecular formula is C54H80N4O8S4. The van der Waals surface area contributed by atoms with Gasteiger partial charge in [-0.2, -0.15) is 17.2 Å². The summed E-state index contributed by atoms with van der Waals surface area (Å²) in [5.41, 5.74) is 9.29. The van der Waals surface area contributed by atoms with Crippen LogP contribution in [0.2, 0.25) is 0 Å². The maximum Gasteiger partial charge on any atom is 0.243 e. The van der Waals surface area contributed by atoms with Gasteiger partial charge in [0, 0.05) is 52.4 Å². The lowest BCUT2D eigenvalue weighted by Gasteiger charge is -2.42. The fraction of sp³-hybridized carbons (Fsp3) is 0.556. The molecule has 0 spiro atoms. The minimum Gasteiger partial charge on any atom is -0.207 e. The molecule has 4 aromatic rings. The van der Waals surface area contributed by atoms with Crippen LogP contribution in [0.3, 0.4) is 0 Å². The van der Waals surface area contributed by atoms with E-state index in [-0.39, 0.29) is 74.0 Å². The first-order valence-electron chi connectivity index (χ1n) is 24.9. The van der Waals surface area contributed by atoms with Crippen molar-refractivity contribution >= 4 is 40.1 Å². The topological polar surface area (TPSA) is 150 Å². The summed E-state index contributed by atoms with van der Waals surface area (Å²) in [5, 5.41) is 0. The van der Waals surface area contributed by atoms with Gasteiger partial charge in [0.05, 0.1) is 19.6 Å². The molecule has 4 aromatic carbocycles. The predicted molar refractivity (Wildman–Crippen MR) is 284 cm³/mol. The summed E-state index contributed by atoms with van der Waals surface area (Å²) in [7, 11) is -15.7. The SMILES string of the molecule is CCN(CCCCN(C[C@H]1CC[C@@H]1CN(CCCCN(CC)S(=O)(=O)c1c(C)cc(C)cc1C)S(=O)(=O)c1c(C)cc(C)cc1C)S(=O)(=O)c1c(C)cc(C)cc1C)S(=O)(=O)c1c(C)cc(C)cc1C. The van der Waals surface area contributed by atoms with Crippen molar-refractivity contribution < 1.29 is 33.7 Å². The highest BCUT2D eigenvalue weighted by Gasteiger charge is 2.40. The molecule has 1 saturated carbocycles. The van der Waals surface area contributed by atoms with E-state index in [0.717, 1.165) is 35.1 Å². The number of unbranched alkanes of at least 4 members (excludes halogenated alkanes) is 2. The second-order valence-corrected chi connectivity index (χ2v) is 27.6. The van der Waals surface area contributed by atoms with E-state index >= 15 is 0 Å². The Morgan fingerprint density at radius 2 is 0.529 bits per heavy atom. The summed E-state index contributed by atoms with van der Waals surface area (Å²) >= 11 is 0. The summed E-state index contributed by atoms with van der Waals surface area (Å²) in [6, 6.07) is 15.0. The number of aryl methyl sites for hydroxylation is 12. The highest BCUT2D eigenvalue weighted by molar-refractivity contribution is 7.90. The van der Waals surface area contributed by atoms with E-state index in [2.05, 4.69) is 0 Å². The fourth-order valence-electron chi connectivity index (χ4n) is 11.1.